The Kier molecular flexibility index (Phi) is 25.0. The van der Waals surface area contributed by atoms with Crippen LogP contribution in [0.1, 0.15) is 104 Å². The molecule has 147 valence electrons. The molecule has 0 aromatic heterocycles. The van der Waals surface area contributed by atoms with E-state index in [1.165, 1.54) is 90.4 Å². The Morgan fingerprint density at radius 3 is 1.75 bits per heavy atom. The van der Waals surface area contributed by atoms with Crippen molar-refractivity contribution in [3.05, 3.63) is 12.2 Å². The molecular formula is C20H39AgNO2. The molecule has 0 bridgehead atoms. The van der Waals surface area contributed by atoms with E-state index in [9.17, 15) is 4.79 Å². The van der Waals surface area contributed by atoms with Crippen molar-refractivity contribution in [3.8, 4) is 0 Å². The largest absolute Gasteiger partial charge is 0.371 e. The third-order valence-corrected chi connectivity index (χ3v) is 4.01. The Balaban J connectivity index is 0. The van der Waals surface area contributed by atoms with Crippen molar-refractivity contribution in [2.75, 3.05) is 6.54 Å². The van der Waals surface area contributed by atoms with Gasteiger partial charge < -0.3 is 4.84 Å². The zero-order valence-electron chi connectivity index (χ0n) is 15.9. The molecule has 0 rings (SSSR count). The number of carbonyl (C=O) groups excluding carboxylic acids is 1. The van der Waals surface area contributed by atoms with Gasteiger partial charge in [-0.2, -0.15) is 5.48 Å². The van der Waals surface area contributed by atoms with Crippen molar-refractivity contribution in [1.82, 2.24) is 5.48 Å². The average molecular weight is 433 g/mol. The molecule has 0 amide bonds. The molecule has 4 heteroatoms. The molecule has 0 aliphatic carbocycles. The van der Waals surface area contributed by atoms with E-state index in [1.807, 2.05) is 0 Å². The first-order valence-corrected chi connectivity index (χ1v) is 9.82. The monoisotopic (exact) mass is 432 g/mol. The van der Waals surface area contributed by atoms with Crippen LogP contribution < -0.4 is 5.48 Å². The molecule has 24 heavy (non-hydrogen) atoms. The number of hydrogen-bond donors (Lipinski definition) is 1. The predicted octanol–water partition coefficient (Wildman–Crippen LogP) is 6.09. The minimum Gasteiger partial charge on any atom is -0.371 e. The number of hydroxylamine groups is 1. The van der Waals surface area contributed by atoms with Crippen LogP contribution in [0.15, 0.2) is 12.2 Å². The summed E-state index contributed by atoms with van der Waals surface area (Å²) in [6.07, 6.45) is 23.1. The van der Waals surface area contributed by atoms with Crippen molar-refractivity contribution in [2.24, 2.45) is 0 Å². The van der Waals surface area contributed by atoms with E-state index in [0.29, 0.717) is 0 Å². The molecule has 0 spiro atoms. The first-order valence-electron chi connectivity index (χ1n) is 9.82. The SMILES string of the molecule is CCCCCCCC/C=C\CCCCCCCCNOC(C)=O.[Ag]. The number of allylic oxidation sites excluding steroid dienone is 2. The number of unbranched alkanes of at least 4 members (excludes halogenated alkanes) is 12. The minimum absolute atomic E-state index is 0. The molecule has 1 N–H and O–H groups in total. The van der Waals surface area contributed by atoms with Gasteiger partial charge >= 0.3 is 5.97 Å². The van der Waals surface area contributed by atoms with Gasteiger partial charge in [-0.15, -0.1) is 0 Å². The van der Waals surface area contributed by atoms with Crippen LogP contribution in [0.4, 0.5) is 0 Å². The van der Waals surface area contributed by atoms with Gasteiger partial charge in [0.2, 0.25) is 0 Å². The van der Waals surface area contributed by atoms with Crippen molar-refractivity contribution in [1.29, 1.82) is 0 Å². The summed E-state index contributed by atoms with van der Waals surface area (Å²) in [5.41, 5.74) is 2.68. The van der Waals surface area contributed by atoms with E-state index in [0.717, 1.165) is 13.0 Å². The van der Waals surface area contributed by atoms with Gasteiger partial charge in [-0.05, 0) is 32.1 Å². The third kappa shape index (κ3) is 24.2. The van der Waals surface area contributed by atoms with E-state index < -0.39 is 0 Å². The summed E-state index contributed by atoms with van der Waals surface area (Å²) in [5, 5.41) is 0. The second-order valence-electron chi connectivity index (χ2n) is 6.43. The van der Waals surface area contributed by atoms with Gasteiger partial charge in [0.1, 0.15) is 0 Å². The molecule has 0 aliphatic rings. The average Bonchev–Trinajstić information content (AvgIpc) is 2.53. The van der Waals surface area contributed by atoms with Gasteiger partial charge in [0.05, 0.1) is 0 Å². The van der Waals surface area contributed by atoms with Gasteiger partial charge in [0.15, 0.2) is 0 Å². The second kappa shape index (κ2) is 22.9. The molecule has 0 saturated carbocycles. The van der Waals surface area contributed by atoms with Crippen molar-refractivity contribution in [2.45, 2.75) is 104 Å². The Morgan fingerprint density at radius 1 is 0.792 bits per heavy atom. The molecule has 0 aliphatic heterocycles. The zero-order valence-corrected chi connectivity index (χ0v) is 17.4. The first kappa shape index (κ1) is 26.1. The molecular weight excluding hydrogens is 394 g/mol. The van der Waals surface area contributed by atoms with E-state index in [-0.39, 0.29) is 28.3 Å². The van der Waals surface area contributed by atoms with E-state index in [2.05, 4.69) is 29.4 Å². The van der Waals surface area contributed by atoms with Crippen molar-refractivity contribution < 1.29 is 32.0 Å². The van der Waals surface area contributed by atoms with Crippen LogP contribution in [-0.2, 0) is 32.0 Å². The predicted molar refractivity (Wildman–Crippen MR) is 99.2 cm³/mol. The van der Waals surface area contributed by atoms with Crippen LogP contribution in [-0.4, -0.2) is 12.5 Å². The summed E-state index contributed by atoms with van der Waals surface area (Å²) in [6.45, 7) is 4.45. The molecule has 1 radical (unpaired) electrons. The topological polar surface area (TPSA) is 38.3 Å². The number of nitrogens with one attached hydrogen (secondary N) is 1. The summed E-state index contributed by atoms with van der Waals surface area (Å²) in [4.78, 5) is 15.2. The van der Waals surface area contributed by atoms with Gasteiger partial charge in [-0.1, -0.05) is 76.9 Å². The fraction of sp³-hybridized carbons (Fsp3) is 0.850. The molecule has 0 aromatic rings. The normalized spacial score (nSPS) is 10.8. The Labute approximate surface area is 165 Å². The molecule has 0 aromatic carbocycles. The molecule has 0 unspecified atom stereocenters. The zero-order chi connectivity index (χ0) is 17.0. The minimum atomic E-state index is -0.269. The second-order valence-corrected chi connectivity index (χ2v) is 6.43. The van der Waals surface area contributed by atoms with Gasteiger partial charge in [0, 0.05) is 35.8 Å². The molecule has 0 fully saturated rings. The Hall–Kier alpha value is -0.0897. The van der Waals surface area contributed by atoms with Crippen LogP contribution in [0.3, 0.4) is 0 Å². The summed E-state index contributed by atoms with van der Waals surface area (Å²) < 4.78 is 0. The first-order chi connectivity index (χ1) is 11.3. The third-order valence-electron chi connectivity index (χ3n) is 4.01. The maximum atomic E-state index is 10.5. The summed E-state index contributed by atoms with van der Waals surface area (Å²) in [5.74, 6) is -0.269. The standard InChI is InChI=1S/C20H39NO2.Ag/c1-3-4-5-6-7-8-9-10-11-12-13-14-15-16-17-18-19-21-23-20(2)22;/h10-11,21H,3-9,12-19H2,1-2H3;/b11-10-;. The Bertz CT molecular complexity index is 283. The van der Waals surface area contributed by atoms with Crippen LogP contribution in [0.5, 0.6) is 0 Å². The molecule has 3 nitrogen and oxygen atoms in total. The van der Waals surface area contributed by atoms with Gasteiger partial charge in [-0.25, -0.2) is 0 Å². The van der Waals surface area contributed by atoms with E-state index >= 15 is 0 Å². The van der Waals surface area contributed by atoms with Crippen LogP contribution in [0.25, 0.3) is 0 Å². The van der Waals surface area contributed by atoms with E-state index in [1.54, 1.807) is 0 Å². The van der Waals surface area contributed by atoms with Gasteiger partial charge in [-0.3, -0.25) is 4.79 Å². The fourth-order valence-corrected chi connectivity index (χ4v) is 2.60. The van der Waals surface area contributed by atoms with Gasteiger partial charge in [0.25, 0.3) is 0 Å². The summed E-state index contributed by atoms with van der Waals surface area (Å²) >= 11 is 0. The Morgan fingerprint density at radius 2 is 1.25 bits per heavy atom. The number of hydrogen-bond acceptors (Lipinski definition) is 3. The van der Waals surface area contributed by atoms with Crippen LogP contribution in [0, 0.1) is 0 Å². The fourth-order valence-electron chi connectivity index (χ4n) is 2.60. The quantitative estimate of drug-likeness (QED) is 0.131. The smallest absolute Gasteiger partial charge is 0.321 e. The maximum Gasteiger partial charge on any atom is 0.321 e. The van der Waals surface area contributed by atoms with Crippen molar-refractivity contribution >= 4 is 5.97 Å². The number of rotatable bonds is 17. The van der Waals surface area contributed by atoms with E-state index in [4.69, 9.17) is 0 Å². The maximum absolute atomic E-state index is 10.5. The summed E-state index contributed by atoms with van der Waals surface area (Å²) in [7, 11) is 0. The molecule has 0 heterocycles. The summed E-state index contributed by atoms with van der Waals surface area (Å²) in [6, 6.07) is 0. The van der Waals surface area contributed by atoms with Crippen LogP contribution >= 0.6 is 0 Å². The van der Waals surface area contributed by atoms with Crippen LogP contribution in [0.2, 0.25) is 0 Å². The van der Waals surface area contributed by atoms with Crippen molar-refractivity contribution in [3.63, 3.8) is 0 Å². The molecule has 0 saturated heterocycles. The number of carbonyl (C=O) groups is 1. The molecule has 0 atom stereocenters.